The van der Waals surface area contributed by atoms with E-state index in [4.69, 9.17) is 5.11 Å². The van der Waals surface area contributed by atoms with Crippen LogP contribution in [0.15, 0.2) is 18.2 Å². The molecule has 1 aliphatic heterocycles. The van der Waals surface area contributed by atoms with E-state index in [1.807, 2.05) is 19.1 Å². The topological polar surface area (TPSA) is 60.8 Å². The largest absolute Gasteiger partial charge is 0.465 e. The molecule has 0 fully saturated rings. The van der Waals surface area contributed by atoms with Crippen molar-refractivity contribution in [1.82, 2.24) is 4.90 Å². The van der Waals surface area contributed by atoms with Gasteiger partial charge in [0.1, 0.15) is 0 Å². The second kappa shape index (κ2) is 4.14. The van der Waals surface area contributed by atoms with Gasteiger partial charge in [-0.2, -0.15) is 0 Å². The van der Waals surface area contributed by atoms with Gasteiger partial charge in [-0.05, 0) is 24.5 Å². The molecule has 1 atom stereocenters. The lowest BCUT2D eigenvalue weighted by atomic mass is 9.93. The molecule has 1 aromatic rings. The molecule has 1 aliphatic rings. The highest BCUT2D eigenvalue weighted by atomic mass is 16.4. The highest BCUT2D eigenvalue weighted by Gasteiger charge is 2.28. The Hall–Kier alpha value is -1.55. The smallest absolute Gasteiger partial charge is 0.407 e. The minimum Gasteiger partial charge on any atom is -0.465 e. The lowest BCUT2D eigenvalue weighted by Crippen LogP contribution is -2.45. The molecule has 4 nitrogen and oxygen atoms in total. The number of aryl methyl sites for hydroxylation is 1. The fourth-order valence-corrected chi connectivity index (χ4v) is 2.16. The molecule has 1 heterocycles. The van der Waals surface area contributed by atoms with Crippen LogP contribution in [0.25, 0.3) is 0 Å². The third-order valence-corrected chi connectivity index (χ3v) is 3.06. The summed E-state index contributed by atoms with van der Waals surface area (Å²) >= 11 is 0. The quantitative estimate of drug-likeness (QED) is 0.753. The molecule has 2 rings (SSSR count). The van der Waals surface area contributed by atoms with Gasteiger partial charge in [0, 0.05) is 6.54 Å². The van der Waals surface area contributed by atoms with Gasteiger partial charge in [0.05, 0.1) is 12.6 Å². The normalized spacial score (nSPS) is 19.4. The fraction of sp³-hybridized carbons (Fsp3) is 0.417. The molecule has 0 spiro atoms. The van der Waals surface area contributed by atoms with Crippen LogP contribution in [-0.4, -0.2) is 33.9 Å². The van der Waals surface area contributed by atoms with E-state index < -0.39 is 6.09 Å². The van der Waals surface area contributed by atoms with Crippen LogP contribution in [0.3, 0.4) is 0 Å². The average Bonchev–Trinajstić information content (AvgIpc) is 2.26. The van der Waals surface area contributed by atoms with Gasteiger partial charge in [-0.1, -0.05) is 23.8 Å². The van der Waals surface area contributed by atoms with Crippen LogP contribution in [-0.2, 0) is 13.0 Å². The van der Waals surface area contributed by atoms with Gasteiger partial charge >= 0.3 is 6.09 Å². The Morgan fingerprint density at radius 3 is 2.88 bits per heavy atom. The molecule has 2 N–H and O–H groups in total. The maximum atomic E-state index is 11.0. The van der Waals surface area contributed by atoms with Crippen LogP contribution < -0.4 is 0 Å². The van der Waals surface area contributed by atoms with Gasteiger partial charge in [0.15, 0.2) is 0 Å². The van der Waals surface area contributed by atoms with Crippen molar-refractivity contribution in [1.29, 1.82) is 0 Å². The number of aliphatic hydroxyl groups excluding tert-OH is 1. The predicted molar refractivity (Wildman–Crippen MR) is 59.3 cm³/mol. The molecule has 0 aliphatic carbocycles. The average molecular weight is 221 g/mol. The number of benzene rings is 1. The minimum absolute atomic E-state index is 0.125. The molecule has 86 valence electrons. The Kier molecular flexibility index (Phi) is 2.83. The number of fused-ring (bicyclic) bond motifs is 1. The maximum Gasteiger partial charge on any atom is 0.407 e. The SMILES string of the molecule is Cc1ccc2c(c1)CC(CO)N(C(=O)O)C2. The number of rotatable bonds is 1. The summed E-state index contributed by atoms with van der Waals surface area (Å²) in [6.07, 6.45) is -0.370. The van der Waals surface area contributed by atoms with E-state index in [1.54, 1.807) is 0 Å². The first-order chi connectivity index (χ1) is 7.61. The number of hydrogen-bond acceptors (Lipinski definition) is 2. The third-order valence-electron chi connectivity index (χ3n) is 3.06. The predicted octanol–water partition coefficient (Wildman–Crippen LogP) is 1.39. The van der Waals surface area contributed by atoms with E-state index in [2.05, 4.69) is 6.07 Å². The lowest BCUT2D eigenvalue weighted by Gasteiger charge is -2.34. The monoisotopic (exact) mass is 221 g/mol. The van der Waals surface area contributed by atoms with E-state index in [-0.39, 0.29) is 12.6 Å². The second-order valence-corrected chi connectivity index (χ2v) is 4.22. The van der Waals surface area contributed by atoms with Gasteiger partial charge in [-0.25, -0.2) is 4.79 Å². The van der Waals surface area contributed by atoms with Crippen LogP contribution >= 0.6 is 0 Å². The van der Waals surface area contributed by atoms with E-state index in [1.165, 1.54) is 10.5 Å². The summed E-state index contributed by atoms with van der Waals surface area (Å²) in [7, 11) is 0. The van der Waals surface area contributed by atoms with Crippen LogP contribution in [0.2, 0.25) is 0 Å². The van der Waals surface area contributed by atoms with Crippen LogP contribution in [0.1, 0.15) is 16.7 Å². The summed E-state index contributed by atoms with van der Waals surface area (Å²) in [5, 5.41) is 18.2. The molecule has 1 unspecified atom stereocenters. The van der Waals surface area contributed by atoms with Crippen molar-refractivity contribution in [2.24, 2.45) is 0 Å². The van der Waals surface area contributed by atoms with E-state index in [0.29, 0.717) is 13.0 Å². The number of amides is 1. The van der Waals surface area contributed by atoms with Gasteiger partial charge in [-0.3, -0.25) is 4.90 Å². The van der Waals surface area contributed by atoms with Crippen LogP contribution in [0.5, 0.6) is 0 Å². The number of carbonyl (C=O) groups is 1. The first-order valence-corrected chi connectivity index (χ1v) is 5.30. The maximum absolute atomic E-state index is 11.0. The highest BCUT2D eigenvalue weighted by Crippen LogP contribution is 2.24. The van der Waals surface area contributed by atoms with Crippen molar-refractivity contribution in [3.63, 3.8) is 0 Å². The van der Waals surface area contributed by atoms with Crippen molar-refractivity contribution >= 4 is 6.09 Å². The number of aliphatic hydroxyl groups is 1. The van der Waals surface area contributed by atoms with Crippen molar-refractivity contribution in [2.45, 2.75) is 25.9 Å². The Bertz CT molecular complexity index is 417. The zero-order chi connectivity index (χ0) is 11.7. The van der Waals surface area contributed by atoms with Crippen molar-refractivity contribution in [3.05, 3.63) is 34.9 Å². The molecule has 0 bridgehead atoms. The third kappa shape index (κ3) is 1.88. The summed E-state index contributed by atoms with van der Waals surface area (Å²) in [5.74, 6) is 0. The minimum atomic E-state index is -0.967. The van der Waals surface area contributed by atoms with E-state index >= 15 is 0 Å². The van der Waals surface area contributed by atoms with Gasteiger partial charge < -0.3 is 10.2 Å². The van der Waals surface area contributed by atoms with Crippen molar-refractivity contribution < 1.29 is 15.0 Å². The summed E-state index contributed by atoms with van der Waals surface area (Å²) in [6, 6.07) is 5.70. The Labute approximate surface area is 94.1 Å². The van der Waals surface area contributed by atoms with Crippen molar-refractivity contribution in [2.75, 3.05) is 6.61 Å². The van der Waals surface area contributed by atoms with Crippen LogP contribution in [0.4, 0.5) is 4.79 Å². The van der Waals surface area contributed by atoms with Gasteiger partial charge in [0.25, 0.3) is 0 Å². The molecular weight excluding hydrogens is 206 g/mol. The molecule has 0 saturated heterocycles. The van der Waals surface area contributed by atoms with Gasteiger partial charge in [0.2, 0.25) is 0 Å². The molecule has 0 saturated carbocycles. The van der Waals surface area contributed by atoms with Crippen molar-refractivity contribution in [3.8, 4) is 0 Å². The Morgan fingerprint density at radius 2 is 2.25 bits per heavy atom. The summed E-state index contributed by atoms with van der Waals surface area (Å²) in [6.45, 7) is 2.26. The Morgan fingerprint density at radius 1 is 1.50 bits per heavy atom. The molecule has 4 heteroatoms. The second-order valence-electron chi connectivity index (χ2n) is 4.22. The van der Waals surface area contributed by atoms with E-state index in [9.17, 15) is 9.90 Å². The van der Waals surface area contributed by atoms with E-state index in [0.717, 1.165) is 11.1 Å². The molecule has 0 aromatic heterocycles. The molecule has 1 amide bonds. The first-order valence-electron chi connectivity index (χ1n) is 5.30. The summed E-state index contributed by atoms with van der Waals surface area (Å²) in [5.41, 5.74) is 3.36. The summed E-state index contributed by atoms with van der Waals surface area (Å²) in [4.78, 5) is 12.3. The zero-order valence-electron chi connectivity index (χ0n) is 9.18. The zero-order valence-corrected chi connectivity index (χ0v) is 9.18. The van der Waals surface area contributed by atoms with Gasteiger partial charge in [-0.15, -0.1) is 0 Å². The van der Waals surface area contributed by atoms with Crippen LogP contribution in [0, 0.1) is 6.92 Å². The first kappa shape index (κ1) is 11.0. The highest BCUT2D eigenvalue weighted by molar-refractivity contribution is 5.66. The molecule has 1 aromatic carbocycles. The fourth-order valence-electron chi connectivity index (χ4n) is 2.16. The molecule has 16 heavy (non-hydrogen) atoms. The number of hydrogen-bond donors (Lipinski definition) is 2. The number of nitrogens with zero attached hydrogens (tertiary/aromatic N) is 1. The Balaban J connectivity index is 2.33. The number of carboxylic acid groups (broad SMARTS) is 1. The summed E-state index contributed by atoms with van der Waals surface area (Å²) < 4.78 is 0. The molecular formula is C12H15NO3. The molecule has 0 radical (unpaired) electrons. The lowest BCUT2D eigenvalue weighted by molar-refractivity contribution is 0.0874. The standard InChI is InChI=1S/C12H15NO3/c1-8-2-3-9-6-13(12(15)16)11(7-14)5-10(9)4-8/h2-4,11,14H,5-7H2,1H3,(H,15,16).